The molecule has 0 aliphatic carbocycles. The standard InChI is InChI=1S/C20H22ClN3OS/c1-24(2)10-11-26-19-13-22-20(16-6-4-5-7-18(16)25-3)15-9-8-14(21)12-17(15)23-19/h4-9,12H,10-11,13H2,1-3H3. The van der Waals surface area contributed by atoms with Crippen molar-refractivity contribution in [3.63, 3.8) is 0 Å². The quantitative estimate of drug-likeness (QED) is 0.756. The number of halogens is 1. The van der Waals surface area contributed by atoms with E-state index in [0.29, 0.717) is 11.6 Å². The summed E-state index contributed by atoms with van der Waals surface area (Å²) in [5, 5.41) is 1.67. The number of thioether (sulfide) groups is 1. The Balaban J connectivity index is 2.00. The summed E-state index contributed by atoms with van der Waals surface area (Å²) in [6.07, 6.45) is 0. The van der Waals surface area contributed by atoms with Gasteiger partial charge in [0.15, 0.2) is 0 Å². The van der Waals surface area contributed by atoms with Crippen LogP contribution >= 0.6 is 23.4 Å². The number of hydrogen-bond acceptors (Lipinski definition) is 5. The van der Waals surface area contributed by atoms with E-state index in [1.54, 1.807) is 18.9 Å². The van der Waals surface area contributed by atoms with Gasteiger partial charge in [-0.2, -0.15) is 0 Å². The minimum Gasteiger partial charge on any atom is -0.496 e. The molecule has 1 aliphatic heterocycles. The largest absolute Gasteiger partial charge is 0.496 e. The van der Waals surface area contributed by atoms with E-state index in [-0.39, 0.29) is 0 Å². The van der Waals surface area contributed by atoms with Crippen molar-refractivity contribution in [2.24, 2.45) is 9.98 Å². The van der Waals surface area contributed by atoms with E-state index in [9.17, 15) is 0 Å². The summed E-state index contributed by atoms with van der Waals surface area (Å²) in [6.45, 7) is 1.55. The molecule has 2 aromatic carbocycles. The molecule has 0 N–H and O–H groups in total. The summed E-state index contributed by atoms with van der Waals surface area (Å²) in [5.74, 6) is 1.78. The summed E-state index contributed by atoms with van der Waals surface area (Å²) in [7, 11) is 5.82. The first-order valence-corrected chi connectivity index (χ1v) is 9.77. The van der Waals surface area contributed by atoms with Crippen molar-refractivity contribution in [2.45, 2.75) is 0 Å². The van der Waals surface area contributed by atoms with Gasteiger partial charge >= 0.3 is 0 Å². The third kappa shape index (κ3) is 4.47. The van der Waals surface area contributed by atoms with Gasteiger partial charge in [-0.1, -0.05) is 23.7 Å². The van der Waals surface area contributed by atoms with Crippen LogP contribution in [0.5, 0.6) is 5.75 Å². The van der Waals surface area contributed by atoms with Crippen molar-refractivity contribution in [3.05, 3.63) is 58.6 Å². The summed E-state index contributed by atoms with van der Waals surface area (Å²) >= 11 is 7.97. The zero-order valence-corrected chi connectivity index (χ0v) is 16.8. The first-order valence-electron chi connectivity index (χ1n) is 8.41. The molecule has 0 saturated heterocycles. The van der Waals surface area contributed by atoms with Gasteiger partial charge in [0.1, 0.15) is 5.75 Å². The summed E-state index contributed by atoms with van der Waals surface area (Å²) in [6, 6.07) is 13.7. The van der Waals surface area contributed by atoms with Gasteiger partial charge < -0.3 is 9.64 Å². The zero-order valence-electron chi connectivity index (χ0n) is 15.2. The fourth-order valence-corrected chi connectivity index (χ4v) is 3.87. The molecule has 0 fully saturated rings. The Morgan fingerprint density at radius 3 is 2.73 bits per heavy atom. The molecule has 0 unspecified atom stereocenters. The van der Waals surface area contributed by atoms with E-state index in [1.165, 1.54) is 0 Å². The van der Waals surface area contributed by atoms with Crippen LogP contribution in [0, 0.1) is 0 Å². The minimum atomic E-state index is 0.553. The van der Waals surface area contributed by atoms with Crippen LogP contribution in [0.3, 0.4) is 0 Å². The highest BCUT2D eigenvalue weighted by molar-refractivity contribution is 8.14. The second-order valence-corrected chi connectivity index (χ2v) is 7.79. The van der Waals surface area contributed by atoms with Crippen molar-refractivity contribution < 1.29 is 4.74 Å². The minimum absolute atomic E-state index is 0.553. The number of ether oxygens (including phenoxy) is 1. The van der Waals surface area contributed by atoms with Gasteiger partial charge in [0.05, 0.1) is 30.1 Å². The van der Waals surface area contributed by atoms with Gasteiger partial charge in [-0.05, 0) is 44.4 Å². The Kier molecular flexibility index (Phi) is 6.35. The molecule has 0 aromatic heterocycles. The van der Waals surface area contributed by atoms with Crippen LogP contribution in [-0.4, -0.2) is 55.7 Å². The maximum atomic E-state index is 6.23. The van der Waals surface area contributed by atoms with Gasteiger partial charge in [0, 0.05) is 28.4 Å². The predicted molar refractivity (Wildman–Crippen MR) is 113 cm³/mol. The number of para-hydroxylation sites is 1. The molecular weight excluding hydrogens is 366 g/mol. The zero-order chi connectivity index (χ0) is 18.5. The molecule has 26 heavy (non-hydrogen) atoms. The SMILES string of the molecule is COc1ccccc1C1=NCC(SCCN(C)C)=Nc2cc(Cl)ccc21. The predicted octanol–water partition coefficient (Wildman–Crippen LogP) is 4.52. The number of rotatable bonds is 5. The van der Waals surface area contributed by atoms with E-state index in [0.717, 1.165) is 45.6 Å². The van der Waals surface area contributed by atoms with Gasteiger partial charge in [0.2, 0.25) is 0 Å². The first-order chi connectivity index (χ1) is 12.6. The fraction of sp³-hybridized carbons (Fsp3) is 0.300. The second-order valence-electron chi connectivity index (χ2n) is 6.18. The molecule has 0 amide bonds. The average molecular weight is 388 g/mol. The van der Waals surface area contributed by atoms with E-state index >= 15 is 0 Å². The molecule has 0 radical (unpaired) electrons. The number of hydrogen-bond donors (Lipinski definition) is 0. The Hall–Kier alpha value is -1.82. The fourth-order valence-electron chi connectivity index (χ4n) is 2.69. The van der Waals surface area contributed by atoms with Crippen molar-refractivity contribution in [3.8, 4) is 5.75 Å². The monoisotopic (exact) mass is 387 g/mol. The molecule has 4 nitrogen and oxygen atoms in total. The Bertz CT molecular complexity index is 849. The smallest absolute Gasteiger partial charge is 0.128 e. The average Bonchev–Trinajstić information content (AvgIpc) is 2.80. The van der Waals surface area contributed by atoms with Crippen LogP contribution in [-0.2, 0) is 0 Å². The molecule has 0 spiro atoms. The molecule has 136 valence electrons. The van der Waals surface area contributed by atoms with E-state index in [1.807, 2.05) is 42.5 Å². The van der Waals surface area contributed by atoms with Crippen molar-refractivity contribution >= 4 is 39.8 Å². The summed E-state index contributed by atoms with van der Waals surface area (Å²) in [4.78, 5) is 11.9. The van der Waals surface area contributed by atoms with E-state index in [4.69, 9.17) is 26.3 Å². The van der Waals surface area contributed by atoms with Gasteiger partial charge in [0.25, 0.3) is 0 Å². The molecule has 1 heterocycles. The van der Waals surface area contributed by atoms with Crippen molar-refractivity contribution in [2.75, 3.05) is 40.0 Å². The molecule has 6 heteroatoms. The topological polar surface area (TPSA) is 37.2 Å². The third-order valence-corrected chi connectivity index (χ3v) is 5.18. The molecule has 0 saturated carbocycles. The van der Waals surface area contributed by atoms with Crippen LogP contribution in [0.1, 0.15) is 11.1 Å². The number of aliphatic imine (C=N–C) groups is 2. The Morgan fingerprint density at radius 1 is 1.15 bits per heavy atom. The van der Waals surface area contributed by atoms with Gasteiger partial charge in [-0.3, -0.25) is 4.99 Å². The molecule has 2 aromatic rings. The molecule has 0 atom stereocenters. The molecule has 0 bridgehead atoms. The molecule has 3 rings (SSSR count). The molecule has 1 aliphatic rings. The number of nitrogens with zero attached hydrogens (tertiary/aromatic N) is 3. The van der Waals surface area contributed by atoms with Crippen molar-refractivity contribution in [1.29, 1.82) is 0 Å². The number of fused-ring (bicyclic) bond motifs is 1. The lowest BCUT2D eigenvalue weighted by atomic mass is 10.00. The highest BCUT2D eigenvalue weighted by Gasteiger charge is 2.19. The summed E-state index contributed by atoms with van der Waals surface area (Å²) < 4.78 is 5.54. The van der Waals surface area contributed by atoms with Crippen LogP contribution in [0.4, 0.5) is 5.69 Å². The highest BCUT2D eigenvalue weighted by atomic mass is 35.5. The van der Waals surface area contributed by atoms with Crippen LogP contribution in [0.15, 0.2) is 52.4 Å². The van der Waals surface area contributed by atoms with Crippen molar-refractivity contribution in [1.82, 2.24) is 4.90 Å². The Labute approximate surface area is 163 Å². The number of methoxy groups -OCH3 is 1. The van der Waals surface area contributed by atoms with Crippen LogP contribution in [0.2, 0.25) is 5.02 Å². The first kappa shape index (κ1) is 19.0. The van der Waals surface area contributed by atoms with E-state index < -0.39 is 0 Å². The van der Waals surface area contributed by atoms with Gasteiger partial charge in [-0.25, -0.2) is 4.99 Å². The Morgan fingerprint density at radius 2 is 1.96 bits per heavy atom. The van der Waals surface area contributed by atoms with Crippen LogP contribution < -0.4 is 4.74 Å². The maximum Gasteiger partial charge on any atom is 0.128 e. The normalized spacial score (nSPS) is 13.7. The lowest BCUT2D eigenvalue weighted by molar-refractivity contribution is 0.414. The van der Waals surface area contributed by atoms with Gasteiger partial charge in [-0.15, -0.1) is 11.8 Å². The summed E-state index contributed by atoms with van der Waals surface area (Å²) in [5.41, 5.74) is 3.68. The van der Waals surface area contributed by atoms with Crippen LogP contribution in [0.25, 0.3) is 0 Å². The lowest BCUT2D eigenvalue weighted by Gasteiger charge is -2.12. The second kappa shape index (κ2) is 8.71. The maximum absolute atomic E-state index is 6.23. The lowest BCUT2D eigenvalue weighted by Crippen LogP contribution is -2.16. The van der Waals surface area contributed by atoms with E-state index in [2.05, 4.69) is 19.0 Å². The highest BCUT2D eigenvalue weighted by Crippen LogP contribution is 2.32. The number of benzene rings is 2. The molecular formula is C20H22ClN3OS. The third-order valence-electron chi connectivity index (χ3n) is 4.00.